The highest BCUT2D eigenvalue weighted by Gasteiger charge is 2.31. The first-order valence-corrected chi connectivity index (χ1v) is 48.4. The molecule has 0 amide bonds. The quantitative estimate of drug-likeness (QED) is 0.0222. The summed E-state index contributed by atoms with van der Waals surface area (Å²) in [5.41, 5.74) is 0. The Morgan fingerprint density at radius 3 is 0.710 bits per heavy atom. The zero-order chi connectivity index (χ0) is 78.6. The van der Waals surface area contributed by atoms with Crippen LogP contribution >= 0.6 is 15.6 Å². The van der Waals surface area contributed by atoms with E-state index < -0.39 is 97.5 Å². The van der Waals surface area contributed by atoms with Gasteiger partial charge < -0.3 is 33.8 Å². The van der Waals surface area contributed by atoms with Gasteiger partial charge in [0.05, 0.1) is 26.4 Å². The molecule has 0 aliphatic rings. The molecule has 0 aromatic rings. The molecular formula is C88H172O17P2. The Kier molecular flexibility index (Phi) is 76.6. The molecule has 0 rings (SSSR count). The summed E-state index contributed by atoms with van der Waals surface area (Å²) in [5.74, 6) is 0.415. The van der Waals surface area contributed by atoms with E-state index in [-0.39, 0.29) is 25.7 Å². The van der Waals surface area contributed by atoms with Gasteiger partial charge >= 0.3 is 39.5 Å². The van der Waals surface area contributed by atoms with E-state index in [2.05, 4.69) is 48.5 Å². The van der Waals surface area contributed by atoms with E-state index in [1.54, 1.807) is 0 Å². The molecule has 0 aliphatic heterocycles. The maximum atomic E-state index is 13.2. The van der Waals surface area contributed by atoms with Crippen LogP contribution in [-0.2, 0) is 65.4 Å². The number of unbranched alkanes of at least 4 members (excludes halogenated alkanes) is 52. The van der Waals surface area contributed by atoms with E-state index >= 15 is 0 Å². The van der Waals surface area contributed by atoms with Crippen LogP contribution < -0.4 is 0 Å². The molecule has 0 saturated carbocycles. The molecule has 0 aromatic heterocycles. The topological polar surface area (TPSA) is 237 Å². The number of ether oxygens (including phenoxy) is 4. The van der Waals surface area contributed by atoms with Crippen molar-refractivity contribution in [3.05, 3.63) is 0 Å². The van der Waals surface area contributed by atoms with Crippen LogP contribution in [0.15, 0.2) is 0 Å². The Balaban J connectivity index is 5.23. The smallest absolute Gasteiger partial charge is 0.462 e. The molecule has 3 N–H and O–H groups in total. The third kappa shape index (κ3) is 79.1. The second kappa shape index (κ2) is 78.0. The minimum Gasteiger partial charge on any atom is -0.462 e. The first-order chi connectivity index (χ1) is 51.8. The van der Waals surface area contributed by atoms with Crippen molar-refractivity contribution in [3.63, 3.8) is 0 Å². The third-order valence-corrected chi connectivity index (χ3v) is 23.3. The third-order valence-electron chi connectivity index (χ3n) is 21.4. The minimum absolute atomic E-state index is 0.108. The van der Waals surface area contributed by atoms with Gasteiger partial charge in [-0.3, -0.25) is 37.3 Å². The van der Waals surface area contributed by atoms with Crippen LogP contribution in [0.1, 0.15) is 466 Å². The van der Waals surface area contributed by atoms with Gasteiger partial charge in [-0.2, -0.15) is 0 Å². The summed E-state index contributed by atoms with van der Waals surface area (Å²) in [6.07, 6.45) is 69.3. The maximum absolute atomic E-state index is 13.2. The van der Waals surface area contributed by atoms with Crippen molar-refractivity contribution < 1.29 is 80.2 Å². The molecule has 0 fully saturated rings. The fourth-order valence-corrected chi connectivity index (χ4v) is 15.2. The fourth-order valence-electron chi connectivity index (χ4n) is 13.7. The molecule has 4 unspecified atom stereocenters. The van der Waals surface area contributed by atoms with Crippen LogP contribution in [-0.4, -0.2) is 96.7 Å². The van der Waals surface area contributed by atoms with Crippen molar-refractivity contribution in [2.45, 2.75) is 484 Å². The monoisotopic (exact) mass is 1560 g/mol. The fraction of sp³-hybridized carbons (Fsp3) is 0.955. The van der Waals surface area contributed by atoms with Crippen LogP contribution in [0.25, 0.3) is 0 Å². The number of aliphatic hydroxyl groups is 1. The van der Waals surface area contributed by atoms with Crippen molar-refractivity contribution in [2.24, 2.45) is 17.8 Å². The van der Waals surface area contributed by atoms with Gasteiger partial charge in [-0.1, -0.05) is 414 Å². The molecule has 0 saturated heterocycles. The SMILES string of the molecule is CCCCCCCCCCCCC(=O)OC[C@H](COP(=O)(O)OC[C@H](O)COP(=O)(O)OC[C@@H](COC(=O)CCCCCCCCCCCCCCCCC(C)CC)OC(=O)CCCCCCCCCCCCCCCCCCCCC(C)C)OC(=O)CCCCCCCCCCCCCCCCC(C)CC. The Hall–Kier alpha value is -1.94. The highest BCUT2D eigenvalue weighted by molar-refractivity contribution is 7.47. The Labute approximate surface area is 658 Å². The number of carbonyl (C=O) groups is 4. The molecular weight excluding hydrogens is 1390 g/mol. The Bertz CT molecular complexity index is 2060. The van der Waals surface area contributed by atoms with Gasteiger partial charge in [0.25, 0.3) is 0 Å². The minimum atomic E-state index is -4.97. The lowest BCUT2D eigenvalue weighted by molar-refractivity contribution is -0.161. The van der Waals surface area contributed by atoms with Gasteiger partial charge in [0, 0.05) is 25.7 Å². The summed E-state index contributed by atoms with van der Waals surface area (Å²) >= 11 is 0. The summed E-state index contributed by atoms with van der Waals surface area (Å²) in [6.45, 7) is 12.1. The standard InChI is InChI=1S/C88H172O17P2/c1-8-11-12-13-14-15-41-48-55-62-69-85(90)98-75-83(104-88(93)72-65-58-51-44-37-31-25-23-28-34-40-47-54-61-68-81(7)10-3)77-102-106(94,95)100-73-82(89)74-101-107(96,97)103-78-84(76-99-86(91)70-63-56-49-42-35-29-24-22-27-33-39-46-53-60-67-80(6)9-2)105-87(92)71-64-57-50-43-36-30-21-19-17-16-18-20-26-32-38-45-52-59-66-79(4)5/h79-84,89H,8-78H2,1-7H3,(H,94,95)(H,96,97)/t80?,81?,82-,83+,84+/m0/s1. The average Bonchev–Trinajstić information content (AvgIpc) is 0.900. The number of aliphatic hydroxyl groups excluding tert-OH is 1. The van der Waals surface area contributed by atoms with E-state index in [1.807, 2.05) is 0 Å². The lowest BCUT2D eigenvalue weighted by atomic mass is 9.99. The van der Waals surface area contributed by atoms with Gasteiger partial charge in [0.15, 0.2) is 12.2 Å². The van der Waals surface area contributed by atoms with E-state index in [1.165, 1.54) is 276 Å². The molecule has 0 aliphatic carbocycles. The molecule has 0 bridgehead atoms. The van der Waals surface area contributed by atoms with E-state index in [9.17, 15) is 43.2 Å². The number of rotatable bonds is 86. The Morgan fingerprint density at radius 2 is 0.477 bits per heavy atom. The number of carbonyl (C=O) groups excluding carboxylic acids is 4. The second-order valence-corrected chi connectivity index (χ2v) is 35.5. The van der Waals surface area contributed by atoms with Crippen molar-refractivity contribution in [2.75, 3.05) is 39.6 Å². The number of phosphoric acid groups is 2. The highest BCUT2D eigenvalue weighted by Crippen LogP contribution is 2.45. The predicted octanol–water partition coefficient (Wildman–Crippen LogP) is 26.9. The number of phosphoric ester groups is 2. The highest BCUT2D eigenvalue weighted by atomic mass is 31.2. The zero-order valence-corrected chi connectivity index (χ0v) is 72.4. The summed E-state index contributed by atoms with van der Waals surface area (Å²) in [6, 6.07) is 0. The van der Waals surface area contributed by atoms with Crippen molar-refractivity contribution in [1.82, 2.24) is 0 Å². The summed E-state index contributed by atoms with van der Waals surface area (Å²) in [7, 11) is -9.93. The summed E-state index contributed by atoms with van der Waals surface area (Å²) in [4.78, 5) is 73.3. The maximum Gasteiger partial charge on any atom is 0.472 e. The van der Waals surface area contributed by atoms with Gasteiger partial charge in [-0.05, 0) is 43.4 Å². The number of esters is 4. The number of hydrogen-bond acceptors (Lipinski definition) is 15. The van der Waals surface area contributed by atoms with Crippen molar-refractivity contribution in [3.8, 4) is 0 Å². The van der Waals surface area contributed by atoms with Crippen molar-refractivity contribution in [1.29, 1.82) is 0 Å². The average molecular weight is 1560 g/mol. The molecule has 636 valence electrons. The largest absolute Gasteiger partial charge is 0.472 e. The van der Waals surface area contributed by atoms with E-state index in [0.29, 0.717) is 25.7 Å². The lowest BCUT2D eigenvalue weighted by Crippen LogP contribution is -2.30. The van der Waals surface area contributed by atoms with Crippen LogP contribution in [0.4, 0.5) is 0 Å². The predicted molar refractivity (Wildman–Crippen MR) is 441 cm³/mol. The van der Waals surface area contributed by atoms with Gasteiger partial charge in [-0.25, -0.2) is 9.13 Å². The summed E-state index contributed by atoms with van der Waals surface area (Å²) < 4.78 is 69.0. The Morgan fingerprint density at radius 1 is 0.271 bits per heavy atom. The molecule has 7 atom stereocenters. The molecule has 0 spiro atoms. The van der Waals surface area contributed by atoms with Crippen LogP contribution in [0.3, 0.4) is 0 Å². The van der Waals surface area contributed by atoms with Crippen LogP contribution in [0.5, 0.6) is 0 Å². The number of hydrogen-bond donors (Lipinski definition) is 3. The first kappa shape index (κ1) is 105. The first-order valence-electron chi connectivity index (χ1n) is 45.4. The summed E-state index contributed by atoms with van der Waals surface area (Å²) in [5, 5.41) is 10.7. The van der Waals surface area contributed by atoms with Gasteiger partial charge in [0.2, 0.25) is 0 Å². The lowest BCUT2D eigenvalue weighted by Gasteiger charge is -2.21. The van der Waals surface area contributed by atoms with E-state index in [0.717, 1.165) is 108 Å². The molecule has 0 heterocycles. The molecule has 0 radical (unpaired) electrons. The van der Waals surface area contributed by atoms with E-state index in [4.69, 9.17) is 37.0 Å². The molecule has 107 heavy (non-hydrogen) atoms. The van der Waals surface area contributed by atoms with Crippen LogP contribution in [0, 0.1) is 17.8 Å². The normalized spacial score (nSPS) is 14.3. The van der Waals surface area contributed by atoms with Gasteiger partial charge in [-0.15, -0.1) is 0 Å². The second-order valence-electron chi connectivity index (χ2n) is 32.6. The molecule has 19 heteroatoms. The van der Waals surface area contributed by atoms with Crippen LogP contribution in [0.2, 0.25) is 0 Å². The zero-order valence-electron chi connectivity index (χ0n) is 70.6. The molecule has 17 nitrogen and oxygen atoms in total. The molecule has 0 aromatic carbocycles. The van der Waals surface area contributed by atoms with Crippen molar-refractivity contribution >= 4 is 39.5 Å². The van der Waals surface area contributed by atoms with Gasteiger partial charge in [0.1, 0.15) is 19.3 Å².